The van der Waals surface area contributed by atoms with Gasteiger partial charge in [-0.25, -0.2) is 9.78 Å². The minimum absolute atomic E-state index is 0.159. The van der Waals surface area contributed by atoms with E-state index < -0.39 is 0 Å². The van der Waals surface area contributed by atoms with Gasteiger partial charge >= 0.3 is 6.09 Å². The molecule has 1 aromatic rings. The third kappa shape index (κ3) is 2.11. The fraction of sp³-hybridized carbons (Fsp3) is 0.727. The Morgan fingerprint density at radius 1 is 1.47 bits per heavy atom. The standard InChI is InChI=1S/C11H16N4O2/c16-11(17-9-2-1-3-9)15-5-4-8(6-15)10-12-7-13-14-10/h7-9H,1-6H2,(H,12,13,14). The van der Waals surface area contributed by atoms with Crippen molar-refractivity contribution in [2.45, 2.75) is 37.7 Å². The van der Waals surface area contributed by atoms with Gasteiger partial charge in [0.2, 0.25) is 0 Å². The quantitative estimate of drug-likeness (QED) is 0.839. The van der Waals surface area contributed by atoms with Gasteiger partial charge in [0.25, 0.3) is 0 Å². The molecule has 0 radical (unpaired) electrons. The van der Waals surface area contributed by atoms with E-state index in [-0.39, 0.29) is 18.1 Å². The Labute approximate surface area is 99.4 Å². The Bertz CT molecular complexity index is 388. The van der Waals surface area contributed by atoms with Crippen LogP contribution in [0.2, 0.25) is 0 Å². The number of aromatic nitrogens is 3. The highest BCUT2D eigenvalue weighted by Gasteiger charge is 2.32. The number of hydrogen-bond donors (Lipinski definition) is 1. The topological polar surface area (TPSA) is 71.1 Å². The summed E-state index contributed by atoms with van der Waals surface area (Å²) in [6, 6.07) is 0. The van der Waals surface area contributed by atoms with E-state index in [1.807, 2.05) is 0 Å². The normalized spacial score (nSPS) is 24.7. The van der Waals surface area contributed by atoms with Crippen LogP contribution in [0.1, 0.15) is 37.4 Å². The lowest BCUT2D eigenvalue weighted by atomic mass is 9.96. The fourth-order valence-corrected chi connectivity index (χ4v) is 2.27. The number of carbonyl (C=O) groups excluding carboxylic acids is 1. The molecule has 0 aromatic carbocycles. The molecule has 2 aliphatic rings. The third-order valence-electron chi connectivity index (χ3n) is 3.59. The summed E-state index contributed by atoms with van der Waals surface area (Å²) in [5, 5.41) is 6.70. The second kappa shape index (κ2) is 4.35. The number of aromatic amines is 1. The zero-order valence-electron chi connectivity index (χ0n) is 9.63. The summed E-state index contributed by atoms with van der Waals surface area (Å²) in [5.74, 6) is 1.13. The van der Waals surface area contributed by atoms with Crippen LogP contribution in [0.5, 0.6) is 0 Å². The summed E-state index contributed by atoms with van der Waals surface area (Å²) in [6.45, 7) is 1.43. The molecule has 1 atom stereocenters. The lowest BCUT2D eigenvalue weighted by Crippen LogP contribution is -2.35. The summed E-state index contributed by atoms with van der Waals surface area (Å²) >= 11 is 0. The summed E-state index contributed by atoms with van der Waals surface area (Å²) < 4.78 is 5.38. The van der Waals surface area contributed by atoms with Crippen LogP contribution in [-0.4, -0.2) is 45.4 Å². The lowest BCUT2D eigenvalue weighted by molar-refractivity contribution is 0.0308. The molecule has 17 heavy (non-hydrogen) atoms. The van der Waals surface area contributed by atoms with Crippen LogP contribution in [0.25, 0.3) is 0 Å². The van der Waals surface area contributed by atoms with E-state index in [2.05, 4.69) is 15.2 Å². The average molecular weight is 236 g/mol. The van der Waals surface area contributed by atoms with E-state index in [0.717, 1.165) is 31.6 Å². The number of nitrogens with one attached hydrogen (secondary N) is 1. The van der Waals surface area contributed by atoms with E-state index in [1.165, 1.54) is 12.7 Å². The van der Waals surface area contributed by atoms with E-state index in [9.17, 15) is 4.79 Å². The van der Waals surface area contributed by atoms with Gasteiger partial charge in [-0.1, -0.05) is 0 Å². The van der Waals surface area contributed by atoms with Crippen LogP contribution < -0.4 is 0 Å². The van der Waals surface area contributed by atoms with Crippen molar-refractivity contribution in [3.8, 4) is 0 Å². The first-order chi connectivity index (χ1) is 8.33. The number of likely N-dealkylation sites (tertiary alicyclic amines) is 1. The summed E-state index contributed by atoms with van der Waals surface area (Å²) in [7, 11) is 0. The van der Waals surface area contributed by atoms with E-state index >= 15 is 0 Å². The van der Waals surface area contributed by atoms with Gasteiger partial charge in [0.1, 0.15) is 18.3 Å². The molecule has 3 rings (SSSR count). The largest absolute Gasteiger partial charge is 0.446 e. The first kappa shape index (κ1) is 10.6. The van der Waals surface area contributed by atoms with Crippen LogP contribution in [0.4, 0.5) is 4.79 Å². The molecule has 1 saturated heterocycles. The molecule has 1 N–H and O–H groups in total. The molecule has 1 amide bonds. The van der Waals surface area contributed by atoms with Crippen LogP contribution in [-0.2, 0) is 4.74 Å². The van der Waals surface area contributed by atoms with Crippen LogP contribution in [0, 0.1) is 0 Å². The van der Waals surface area contributed by atoms with E-state index in [4.69, 9.17) is 4.74 Å². The smallest absolute Gasteiger partial charge is 0.410 e. The monoisotopic (exact) mass is 236 g/mol. The van der Waals surface area contributed by atoms with Crippen molar-refractivity contribution in [2.24, 2.45) is 0 Å². The number of ether oxygens (including phenoxy) is 1. The average Bonchev–Trinajstić information content (AvgIpc) is 2.91. The van der Waals surface area contributed by atoms with Crippen molar-refractivity contribution in [1.29, 1.82) is 0 Å². The van der Waals surface area contributed by atoms with Crippen LogP contribution in [0.15, 0.2) is 6.33 Å². The SMILES string of the molecule is O=C(OC1CCC1)N1CCC(c2ncn[nH]2)C1. The number of carbonyl (C=O) groups is 1. The Balaban J connectivity index is 1.54. The van der Waals surface area contributed by atoms with Crippen molar-refractivity contribution < 1.29 is 9.53 Å². The number of H-pyrrole nitrogens is 1. The van der Waals surface area contributed by atoms with Gasteiger partial charge in [-0.05, 0) is 25.7 Å². The minimum Gasteiger partial charge on any atom is -0.446 e. The Morgan fingerprint density at radius 2 is 2.35 bits per heavy atom. The number of amides is 1. The highest BCUT2D eigenvalue weighted by molar-refractivity contribution is 5.68. The number of rotatable bonds is 2. The molecule has 2 fully saturated rings. The fourth-order valence-electron chi connectivity index (χ4n) is 2.27. The molecule has 1 aliphatic heterocycles. The van der Waals surface area contributed by atoms with Gasteiger partial charge in [-0.2, -0.15) is 5.10 Å². The maximum atomic E-state index is 11.8. The zero-order valence-corrected chi connectivity index (χ0v) is 9.63. The second-order valence-corrected chi connectivity index (χ2v) is 4.74. The predicted octanol–water partition coefficient (Wildman–Crippen LogP) is 1.28. The Kier molecular flexibility index (Phi) is 2.70. The molecule has 1 aromatic heterocycles. The molecule has 6 nitrogen and oxygen atoms in total. The molecule has 2 heterocycles. The molecular formula is C11H16N4O2. The molecule has 0 spiro atoms. The van der Waals surface area contributed by atoms with E-state index in [0.29, 0.717) is 6.54 Å². The van der Waals surface area contributed by atoms with Crippen molar-refractivity contribution in [2.75, 3.05) is 13.1 Å². The van der Waals surface area contributed by atoms with Gasteiger partial charge < -0.3 is 9.64 Å². The minimum atomic E-state index is -0.170. The highest BCUT2D eigenvalue weighted by atomic mass is 16.6. The Morgan fingerprint density at radius 3 is 3.00 bits per heavy atom. The van der Waals surface area contributed by atoms with Crippen LogP contribution in [0.3, 0.4) is 0 Å². The molecule has 1 saturated carbocycles. The van der Waals surface area contributed by atoms with Gasteiger partial charge in [-0.15, -0.1) is 0 Å². The maximum absolute atomic E-state index is 11.8. The first-order valence-electron chi connectivity index (χ1n) is 6.14. The van der Waals surface area contributed by atoms with Crippen LogP contribution >= 0.6 is 0 Å². The van der Waals surface area contributed by atoms with Crippen molar-refractivity contribution in [3.63, 3.8) is 0 Å². The summed E-state index contributed by atoms with van der Waals surface area (Å²) in [6.07, 6.45) is 5.64. The summed E-state index contributed by atoms with van der Waals surface area (Å²) in [5.41, 5.74) is 0. The Hall–Kier alpha value is -1.59. The highest BCUT2D eigenvalue weighted by Crippen LogP contribution is 2.27. The molecule has 1 aliphatic carbocycles. The van der Waals surface area contributed by atoms with Crippen molar-refractivity contribution >= 4 is 6.09 Å². The molecule has 92 valence electrons. The summed E-state index contributed by atoms with van der Waals surface area (Å²) in [4.78, 5) is 17.7. The van der Waals surface area contributed by atoms with Crippen molar-refractivity contribution in [3.05, 3.63) is 12.2 Å². The van der Waals surface area contributed by atoms with Gasteiger partial charge in [-0.3, -0.25) is 5.10 Å². The number of nitrogens with zero attached hydrogens (tertiary/aromatic N) is 3. The zero-order chi connectivity index (χ0) is 11.7. The van der Waals surface area contributed by atoms with Gasteiger partial charge in [0.05, 0.1) is 0 Å². The second-order valence-electron chi connectivity index (χ2n) is 4.74. The van der Waals surface area contributed by atoms with Gasteiger partial charge in [0.15, 0.2) is 0 Å². The molecule has 6 heteroatoms. The maximum Gasteiger partial charge on any atom is 0.410 e. The van der Waals surface area contributed by atoms with E-state index in [1.54, 1.807) is 4.90 Å². The molecule has 1 unspecified atom stereocenters. The lowest BCUT2D eigenvalue weighted by Gasteiger charge is -2.27. The molecular weight excluding hydrogens is 220 g/mol. The van der Waals surface area contributed by atoms with Crippen molar-refractivity contribution in [1.82, 2.24) is 20.1 Å². The molecule has 0 bridgehead atoms. The number of hydrogen-bond acceptors (Lipinski definition) is 4. The predicted molar refractivity (Wildman–Crippen MR) is 59.4 cm³/mol. The first-order valence-corrected chi connectivity index (χ1v) is 6.14. The van der Waals surface area contributed by atoms with Gasteiger partial charge in [0, 0.05) is 19.0 Å². The third-order valence-corrected chi connectivity index (χ3v) is 3.59.